The molecule has 0 aliphatic rings. The van der Waals surface area contributed by atoms with Gasteiger partial charge in [-0.05, 0) is 18.1 Å². The molecule has 2 N–H and O–H groups in total. The molecule has 0 amide bonds. The van der Waals surface area contributed by atoms with Crippen LogP contribution in [-0.4, -0.2) is 35.7 Å². The number of hydrogen-bond acceptors (Lipinski definition) is 3. The fourth-order valence-corrected chi connectivity index (χ4v) is 2.34. The van der Waals surface area contributed by atoms with Gasteiger partial charge in [-0.25, -0.2) is 0 Å². The van der Waals surface area contributed by atoms with Crippen LogP contribution in [0.25, 0.3) is 0 Å². The summed E-state index contributed by atoms with van der Waals surface area (Å²) in [7, 11) is 1.60. The Kier molecular flexibility index (Phi) is 9.39. The molecule has 150 valence electrons. The van der Waals surface area contributed by atoms with E-state index in [0.717, 1.165) is 6.54 Å². The minimum absolute atomic E-state index is 0. The van der Waals surface area contributed by atoms with Gasteiger partial charge in [0.25, 0.3) is 0 Å². The van der Waals surface area contributed by atoms with Crippen LogP contribution >= 0.6 is 24.0 Å². The van der Waals surface area contributed by atoms with E-state index in [2.05, 4.69) is 32.4 Å². The first kappa shape index (κ1) is 23.1. The molecule has 0 fully saturated rings. The maximum absolute atomic E-state index is 12.5. The number of aliphatic imine (C=N–C) groups is 1. The number of nitrogens with one attached hydrogen (secondary N) is 2. The van der Waals surface area contributed by atoms with E-state index in [-0.39, 0.29) is 42.2 Å². The molecular formula is C17H23F3IN5O. The molecule has 2 aromatic rings. The lowest BCUT2D eigenvalue weighted by Gasteiger charge is -2.17. The van der Waals surface area contributed by atoms with E-state index < -0.39 is 6.36 Å². The normalized spacial score (nSPS) is 12.9. The van der Waals surface area contributed by atoms with Crippen LogP contribution in [0.2, 0.25) is 0 Å². The quantitative estimate of drug-likeness (QED) is 0.350. The van der Waals surface area contributed by atoms with Crippen molar-refractivity contribution in [3.8, 4) is 5.75 Å². The monoisotopic (exact) mass is 497 g/mol. The summed E-state index contributed by atoms with van der Waals surface area (Å²) in [5.41, 5.74) is 0.386. The highest BCUT2D eigenvalue weighted by atomic mass is 127. The molecule has 0 aliphatic carbocycles. The number of guanidine groups is 1. The average molecular weight is 497 g/mol. The Morgan fingerprint density at radius 2 is 2.00 bits per heavy atom. The zero-order valence-corrected chi connectivity index (χ0v) is 17.4. The number of benzene rings is 1. The van der Waals surface area contributed by atoms with Gasteiger partial charge in [0, 0.05) is 44.6 Å². The maximum Gasteiger partial charge on any atom is 0.573 e. The van der Waals surface area contributed by atoms with Gasteiger partial charge in [0.05, 0.1) is 0 Å². The molecule has 0 spiro atoms. The highest BCUT2D eigenvalue weighted by Gasteiger charge is 2.31. The van der Waals surface area contributed by atoms with Crippen molar-refractivity contribution in [2.75, 3.05) is 13.6 Å². The number of para-hydroxylation sites is 1. The topological polar surface area (TPSA) is 63.5 Å². The minimum atomic E-state index is -4.72. The summed E-state index contributed by atoms with van der Waals surface area (Å²) < 4.78 is 43.3. The number of rotatable bonds is 7. The van der Waals surface area contributed by atoms with Crippen molar-refractivity contribution in [3.63, 3.8) is 0 Å². The highest BCUT2D eigenvalue weighted by Crippen LogP contribution is 2.25. The lowest BCUT2D eigenvalue weighted by atomic mass is 10.2. The second-order valence-electron chi connectivity index (χ2n) is 5.80. The number of halogens is 4. The van der Waals surface area contributed by atoms with Gasteiger partial charge in [0.2, 0.25) is 0 Å². The molecule has 1 aromatic heterocycles. The van der Waals surface area contributed by atoms with E-state index in [4.69, 9.17) is 0 Å². The minimum Gasteiger partial charge on any atom is -0.405 e. The predicted octanol–water partition coefficient (Wildman–Crippen LogP) is 3.40. The highest BCUT2D eigenvalue weighted by molar-refractivity contribution is 14.0. The molecule has 1 atom stereocenters. The third-order valence-corrected chi connectivity index (χ3v) is 3.54. The molecule has 2 rings (SSSR count). The van der Waals surface area contributed by atoms with E-state index in [1.165, 1.54) is 12.1 Å². The molecule has 0 aliphatic heterocycles. The zero-order valence-electron chi connectivity index (χ0n) is 15.0. The summed E-state index contributed by atoms with van der Waals surface area (Å²) in [6.07, 6.45) is -1.11. The molecule has 0 saturated carbocycles. The van der Waals surface area contributed by atoms with E-state index in [1.54, 1.807) is 25.4 Å². The smallest absolute Gasteiger partial charge is 0.405 e. The number of nitrogens with zero attached hydrogens (tertiary/aromatic N) is 3. The second-order valence-corrected chi connectivity index (χ2v) is 5.80. The van der Waals surface area contributed by atoms with Gasteiger partial charge in [-0.15, -0.1) is 37.1 Å². The number of ether oxygens (including phenoxy) is 1. The third-order valence-electron chi connectivity index (χ3n) is 3.54. The molecule has 1 heterocycles. The Labute approximate surface area is 173 Å². The van der Waals surface area contributed by atoms with Crippen molar-refractivity contribution in [3.05, 3.63) is 48.3 Å². The lowest BCUT2D eigenvalue weighted by molar-refractivity contribution is -0.274. The summed E-state index contributed by atoms with van der Waals surface area (Å²) >= 11 is 0. The van der Waals surface area contributed by atoms with Gasteiger partial charge in [-0.3, -0.25) is 9.67 Å². The Balaban J connectivity index is 0.00000364. The molecule has 1 unspecified atom stereocenters. The number of alkyl halides is 3. The SMILES string of the molecule is CN=C(NCc1ccccc1OC(F)(F)F)NCC(C)Cn1cccn1.I. The maximum atomic E-state index is 12.5. The van der Waals surface area contributed by atoms with E-state index >= 15 is 0 Å². The largest absolute Gasteiger partial charge is 0.573 e. The standard InChI is InChI=1S/C17H22F3N5O.HI/c1-13(12-25-9-5-8-24-25)10-22-16(21-2)23-11-14-6-3-4-7-15(14)26-17(18,19)20;/h3-9,13H,10-12H2,1-2H3,(H2,21,22,23);1H. The van der Waals surface area contributed by atoms with Crippen molar-refractivity contribution in [1.82, 2.24) is 20.4 Å². The van der Waals surface area contributed by atoms with Crippen LogP contribution in [0.4, 0.5) is 13.2 Å². The Morgan fingerprint density at radius 1 is 1.26 bits per heavy atom. The Hall–Kier alpha value is -1.98. The molecule has 27 heavy (non-hydrogen) atoms. The van der Waals surface area contributed by atoms with E-state index in [9.17, 15) is 13.2 Å². The Morgan fingerprint density at radius 3 is 2.63 bits per heavy atom. The summed E-state index contributed by atoms with van der Waals surface area (Å²) in [6, 6.07) is 7.87. The molecule has 0 radical (unpaired) electrons. The average Bonchev–Trinajstić information content (AvgIpc) is 3.08. The zero-order chi connectivity index (χ0) is 19.0. The molecular weight excluding hydrogens is 474 g/mol. The van der Waals surface area contributed by atoms with Crippen LogP contribution in [0.3, 0.4) is 0 Å². The number of hydrogen-bond donors (Lipinski definition) is 2. The van der Waals surface area contributed by atoms with Crippen LogP contribution in [-0.2, 0) is 13.1 Å². The van der Waals surface area contributed by atoms with Gasteiger partial charge in [-0.1, -0.05) is 25.1 Å². The lowest BCUT2D eigenvalue weighted by Crippen LogP contribution is -2.39. The van der Waals surface area contributed by atoms with E-state index in [0.29, 0.717) is 18.1 Å². The van der Waals surface area contributed by atoms with Crippen molar-refractivity contribution >= 4 is 29.9 Å². The van der Waals surface area contributed by atoms with Crippen LogP contribution in [0.15, 0.2) is 47.7 Å². The van der Waals surface area contributed by atoms with Gasteiger partial charge < -0.3 is 15.4 Å². The first-order valence-corrected chi connectivity index (χ1v) is 8.13. The summed E-state index contributed by atoms with van der Waals surface area (Å²) in [5, 5.41) is 10.3. The Bertz CT molecular complexity index is 707. The van der Waals surface area contributed by atoms with E-state index in [1.807, 2.05) is 16.9 Å². The van der Waals surface area contributed by atoms with Crippen molar-refractivity contribution in [2.24, 2.45) is 10.9 Å². The predicted molar refractivity (Wildman–Crippen MR) is 108 cm³/mol. The van der Waals surface area contributed by atoms with Crippen LogP contribution in [0.5, 0.6) is 5.75 Å². The molecule has 0 saturated heterocycles. The molecule has 0 bridgehead atoms. The van der Waals surface area contributed by atoms with Crippen LogP contribution in [0, 0.1) is 5.92 Å². The van der Waals surface area contributed by atoms with Crippen LogP contribution < -0.4 is 15.4 Å². The summed E-state index contributed by atoms with van der Waals surface area (Å²) in [6.45, 7) is 3.60. The third kappa shape index (κ3) is 8.50. The second kappa shape index (κ2) is 11.0. The number of aromatic nitrogens is 2. The molecule has 10 heteroatoms. The van der Waals surface area contributed by atoms with Crippen LogP contribution in [0.1, 0.15) is 12.5 Å². The fraction of sp³-hybridized carbons (Fsp3) is 0.412. The first-order chi connectivity index (χ1) is 12.4. The molecule has 6 nitrogen and oxygen atoms in total. The van der Waals surface area contributed by atoms with Gasteiger partial charge in [0.1, 0.15) is 5.75 Å². The fourth-order valence-electron chi connectivity index (χ4n) is 2.34. The van der Waals surface area contributed by atoms with Gasteiger partial charge in [-0.2, -0.15) is 5.10 Å². The summed E-state index contributed by atoms with van der Waals surface area (Å²) in [4.78, 5) is 4.09. The van der Waals surface area contributed by atoms with Crippen molar-refractivity contribution in [2.45, 2.75) is 26.4 Å². The first-order valence-electron chi connectivity index (χ1n) is 8.13. The van der Waals surface area contributed by atoms with Gasteiger partial charge >= 0.3 is 6.36 Å². The van der Waals surface area contributed by atoms with Crippen molar-refractivity contribution < 1.29 is 17.9 Å². The van der Waals surface area contributed by atoms with Gasteiger partial charge in [0.15, 0.2) is 5.96 Å². The van der Waals surface area contributed by atoms with Crippen molar-refractivity contribution in [1.29, 1.82) is 0 Å². The molecule has 1 aromatic carbocycles. The summed E-state index contributed by atoms with van der Waals surface area (Å²) in [5.74, 6) is 0.559.